The Bertz CT molecular complexity index is 1230. The Morgan fingerprint density at radius 2 is 1.51 bits per heavy atom. The van der Waals surface area contributed by atoms with Gasteiger partial charge in [0.15, 0.2) is 11.5 Å². The Labute approximate surface area is 207 Å². The molecule has 3 aromatic rings. The van der Waals surface area contributed by atoms with E-state index in [0.29, 0.717) is 36.8 Å². The quantitative estimate of drug-likeness (QED) is 0.397. The number of aryl methyl sites for hydroxylation is 1. The molecular weight excluding hydrogens is 464 g/mol. The van der Waals surface area contributed by atoms with Crippen molar-refractivity contribution in [3.05, 3.63) is 83.9 Å². The first-order chi connectivity index (χ1) is 16.9. The molecule has 0 heterocycles. The first-order valence-corrected chi connectivity index (χ1v) is 13.2. The molecule has 0 aliphatic heterocycles. The van der Waals surface area contributed by atoms with Gasteiger partial charge in [0.2, 0.25) is 5.91 Å². The van der Waals surface area contributed by atoms with Crippen LogP contribution in [0, 0.1) is 0 Å². The lowest BCUT2D eigenvalue weighted by molar-refractivity contribution is -0.119. The summed E-state index contributed by atoms with van der Waals surface area (Å²) in [5, 5.41) is 2.84. The number of hydrogen-bond acceptors (Lipinski definition) is 5. The van der Waals surface area contributed by atoms with Gasteiger partial charge in [-0.3, -0.25) is 9.10 Å². The van der Waals surface area contributed by atoms with Crippen molar-refractivity contribution in [2.45, 2.75) is 38.6 Å². The summed E-state index contributed by atoms with van der Waals surface area (Å²) in [7, 11) is -3.95. The van der Waals surface area contributed by atoms with Crippen LogP contribution in [0.2, 0.25) is 0 Å². The van der Waals surface area contributed by atoms with Crippen molar-refractivity contribution in [2.75, 3.05) is 24.1 Å². The average Bonchev–Trinajstić information content (AvgIpc) is 2.88. The number of carbonyl (C=O) groups is 1. The average molecular weight is 497 g/mol. The second kappa shape index (κ2) is 12.3. The molecule has 35 heavy (non-hydrogen) atoms. The van der Waals surface area contributed by atoms with E-state index >= 15 is 0 Å². The Kier molecular flexibility index (Phi) is 9.14. The fourth-order valence-electron chi connectivity index (χ4n) is 3.66. The molecule has 0 aliphatic carbocycles. The minimum absolute atomic E-state index is 0.131. The zero-order valence-corrected chi connectivity index (χ0v) is 21.2. The molecule has 0 radical (unpaired) electrons. The van der Waals surface area contributed by atoms with Gasteiger partial charge in [-0.2, -0.15) is 0 Å². The summed E-state index contributed by atoms with van der Waals surface area (Å²) in [4.78, 5) is 13.1. The molecule has 0 unspecified atom stereocenters. The van der Waals surface area contributed by atoms with Crippen LogP contribution in [0.3, 0.4) is 0 Å². The molecule has 0 fully saturated rings. The topological polar surface area (TPSA) is 84.9 Å². The van der Waals surface area contributed by atoms with Crippen molar-refractivity contribution in [3.63, 3.8) is 0 Å². The van der Waals surface area contributed by atoms with Gasteiger partial charge >= 0.3 is 0 Å². The van der Waals surface area contributed by atoms with Crippen molar-refractivity contribution in [3.8, 4) is 11.5 Å². The van der Waals surface area contributed by atoms with Gasteiger partial charge < -0.3 is 14.8 Å². The van der Waals surface area contributed by atoms with Gasteiger partial charge in [-0.15, -0.1) is 0 Å². The number of benzene rings is 3. The lowest BCUT2D eigenvalue weighted by Crippen LogP contribution is -2.41. The van der Waals surface area contributed by atoms with Crippen molar-refractivity contribution < 1.29 is 22.7 Å². The predicted molar refractivity (Wildman–Crippen MR) is 137 cm³/mol. The van der Waals surface area contributed by atoms with Crippen LogP contribution >= 0.6 is 0 Å². The third-order valence-corrected chi connectivity index (χ3v) is 7.13. The van der Waals surface area contributed by atoms with Crippen LogP contribution in [0.25, 0.3) is 0 Å². The van der Waals surface area contributed by atoms with E-state index in [1.807, 2.05) is 45.0 Å². The second-order valence-corrected chi connectivity index (χ2v) is 9.59. The molecule has 0 aromatic heterocycles. The third kappa shape index (κ3) is 6.54. The van der Waals surface area contributed by atoms with Crippen LogP contribution < -0.4 is 19.1 Å². The van der Waals surface area contributed by atoms with Crippen LogP contribution in [-0.2, 0) is 27.8 Å². The van der Waals surface area contributed by atoms with E-state index in [1.54, 1.807) is 36.4 Å². The van der Waals surface area contributed by atoms with Gasteiger partial charge in [-0.1, -0.05) is 49.4 Å². The number of sulfonamides is 1. The SMILES string of the molecule is CCOc1ccc(CNC(=O)CN(c2ccccc2CC)S(=O)(=O)c2ccccc2)cc1OCC. The molecular formula is C27H32N2O5S. The largest absolute Gasteiger partial charge is 0.490 e. The predicted octanol–water partition coefficient (Wildman–Crippen LogP) is 4.56. The fraction of sp³-hybridized carbons (Fsp3) is 0.296. The van der Waals surface area contributed by atoms with E-state index in [2.05, 4.69) is 5.32 Å². The molecule has 3 aromatic carbocycles. The number of carbonyl (C=O) groups excluding carboxylic acids is 1. The van der Waals surface area contributed by atoms with E-state index in [-0.39, 0.29) is 18.0 Å². The first kappa shape index (κ1) is 26.1. The Hall–Kier alpha value is -3.52. The maximum atomic E-state index is 13.5. The highest BCUT2D eigenvalue weighted by molar-refractivity contribution is 7.92. The Balaban J connectivity index is 1.83. The summed E-state index contributed by atoms with van der Waals surface area (Å²) >= 11 is 0. The van der Waals surface area contributed by atoms with Crippen LogP contribution in [0.15, 0.2) is 77.7 Å². The third-order valence-electron chi connectivity index (χ3n) is 5.36. The van der Waals surface area contributed by atoms with Crippen molar-refractivity contribution in [1.29, 1.82) is 0 Å². The zero-order chi connectivity index (χ0) is 25.3. The van der Waals surface area contributed by atoms with Crippen LogP contribution in [0.5, 0.6) is 11.5 Å². The monoisotopic (exact) mass is 496 g/mol. The molecule has 8 heteroatoms. The molecule has 186 valence electrons. The highest BCUT2D eigenvalue weighted by atomic mass is 32.2. The molecule has 0 atom stereocenters. The summed E-state index contributed by atoms with van der Waals surface area (Å²) in [5.41, 5.74) is 2.15. The number of nitrogens with one attached hydrogen (secondary N) is 1. The van der Waals surface area contributed by atoms with E-state index in [1.165, 1.54) is 16.4 Å². The molecule has 0 saturated heterocycles. The number of nitrogens with zero attached hydrogens (tertiary/aromatic N) is 1. The van der Waals surface area contributed by atoms with E-state index < -0.39 is 15.9 Å². The Morgan fingerprint density at radius 1 is 0.857 bits per heavy atom. The van der Waals surface area contributed by atoms with E-state index in [0.717, 1.165) is 11.1 Å². The number of hydrogen-bond donors (Lipinski definition) is 1. The summed E-state index contributed by atoms with van der Waals surface area (Å²) in [6, 6.07) is 20.9. The smallest absolute Gasteiger partial charge is 0.264 e. The molecule has 3 rings (SSSR count). The standard InChI is InChI=1S/C27H32N2O5S/c1-4-22-12-10-11-15-24(22)29(35(31,32)23-13-8-7-9-14-23)20-27(30)28-19-21-16-17-25(33-5-2)26(18-21)34-6-3/h7-18H,4-6,19-20H2,1-3H3,(H,28,30). The molecule has 0 spiro atoms. The van der Waals surface area contributed by atoms with Crippen molar-refractivity contribution >= 4 is 21.6 Å². The molecule has 1 N–H and O–H groups in total. The van der Waals surface area contributed by atoms with Gasteiger partial charge in [0.05, 0.1) is 23.8 Å². The summed E-state index contributed by atoms with van der Waals surface area (Å²) in [6.07, 6.45) is 0.630. The summed E-state index contributed by atoms with van der Waals surface area (Å²) < 4.78 is 39.5. The van der Waals surface area contributed by atoms with Gasteiger partial charge in [0, 0.05) is 6.54 Å². The van der Waals surface area contributed by atoms with Crippen LogP contribution in [-0.4, -0.2) is 34.1 Å². The maximum Gasteiger partial charge on any atom is 0.264 e. The molecule has 0 aliphatic rings. The highest BCUT2D eigenvalue weighted by Gasteiger charge is 2.28. The normalized spacial score (nSPS) is 11.1. The van der Waals surface area contributed by atoms with Crippen molar-refractivity contribution in [2.24, 2.45) is 0 Å². The van der Waals surface area contributed by atoms with Gasteiger partial charge in [0.1, 0.15) is 6.54 Å². The van der Waals surface area contributed by atoms with Gasteiger partial charge in [-0.05, 0) is 61.7 Å². The summed E-state index contributed by atoms with van der Waals surface area (Å²) in [6.45, 7) is 6.62. The van der Waals surface area contributed by atoms with Crippen LogP contribution in [0.1, 0.15) is 31.9 Å². The molecule has 1 amide bonds. The summed E-state index contributed by atoms with van der Waals surface area (Å²) in [5.74, 6) is 0.828. The molecule has 0 bridgehead atoms. The van der Waals surface area contributed by atoms with E-state index in [9.17, 15) is 13.2 Å². The minimum atomic E-state index is -3.95. The number of amides is 1. The highest BCUT2D eigenvalue weighted by Crippen LogP contribution is 2.29. The minimum Gasteiger partial charge on any atom is -0.490 e. The number of para-hydroxylation sites is 1. The number of rotatable bonds is 12. The number of anilines is 1. The lowest BCUT2D eigenvalue weighted by Gasteiger charge is -2.26. The fourth-order valence-corrected chi connectivity index (χ4v) is 5.14. The van der Waals surface area contributed by atoms with Crippen molar-refractivity contribution in [1.82, 2.24) is 5.32 Å². The Morgan fingerprint density at radius 3 is 2.20 bits per heavy atom. The molecule has 7 nitrogen and oxygen atoms in total. The second-order valence-electron chi connectivity index (χ2n) is 7.73. The first-order valence-electron chi connectivity index (χ1n) is 11.7. The zero-order valence-electron chi connectivity index (χ0n) is 20.4. The van der Waals surface area contributed by atoms with Gasteiger partial charge in [-0.25, -0.2) is 8.42 Å². The van der Waals surface area contributed by atoms with Crippen LogP contribution in [0.4, 0.5) is 5.69 Å². The molecule has 0 saturated carbocycles. The van der Waals surface area contributed by atoms with E-state index in [4.69, 9.17) is 9.47 Å². The maximum absolute atomic E-state index is 13.5. The lowest BCUT2D eigenvalue weighted by atomic mass is 10.1. The number of ether oxygens (including phenoxy) is 2. The van der Waals surface area contributed by atoms with Gasteiger partial charge in [0.25, 0.3) is 10.0 Å².